The number of hydrogen-bond donors (Lipinski definition) is 1. The fraction of sp³-hybridized carbons (Fsp3) is 0.833. The molecule has 0 aromatic heterocycles. The largest absolute Gasteiger partial charge is 0.472 e. The van der Waals surface area contributed by atoms with Gasteiger partial charge in [0.05, 0.1) is 6.61 Å². The van der Waals surface area contributed by atoms with Crippen molar-refractivity contribution in [2.75, 3.05) is 20.3 Å². The number of phosphoric ester groups is 1. The molecule has 0 fully saturated rings. The number of carbonyl (C=O) groups excluding carboxylic acids is 2. The zero-order valence-corrected chi connectivity index (χ0v) is 29.9. The van der Waals surface area contributed by atoms with Crippen molar-refractivity contribution >= 4 is 19.8 Å². The maximum Gasteiger partial charge on any atom is 0.472 e. The molecule has 0 aliphatic carbocycles. The van der Waals surface area contributed by atoms with Crippen molar-refractivity contribution in [2.24, 2.45) is 0 Å². The predicted molar refractivity (Wildman–Crippen MR) is 184 cm³/mol. The second-order valence-electron chi connectivity index (χ2n) is 12.0. The first-order chi connectivity index (χ1) is 21.8. The fourth-order valence-corrected chi connectivity index (χ4v) is 5.32. The Labute approximate surface area is 275 Å². The highest BCUT2D eigenvalue weighted by molar-refractivity contribution is 7.47. The van der Waals surface area contributed by atoms with E-state index in [1.54, 1.807) is 0 Å². The monoisotopic (exact) mass is 658 g/mol. The van der Waals surface area contributed by atoms with E-state index in [4.69, 9.17) is 14.0 Å². The molecule has 0 aromatic rings. The van der Waals surface area contributed by atoms with Gasteiger partial charge in [0.1, 0.15) is 6.61 Å². The first kappa shape index (κ1) is 43.5. The second kappa shape index (κ2) is 32.5. The van der Waals surface area contributed by atoms with E-state index in [0.717, 1.165) is 64.9 Å². The molecule has 0 spiro atoms. The quantitative estimate of drug-likeness (QED) is 0.0321. The van der Waals surface area contributed by atoms with E-state index in [-0.39, 0.29) is 19.0 Å². The number of phosphoric acid groups is 1. The molecule has 0 aromatic carbocycles. The summed E-state index contributed by atoms with van der Waals surface area (Å²) >= 11 is 0. The summed E-state index contributed by atoms with van der Waals surface area (Å²) in [4.78, 5) is 34.2. The van der Waals surface area contributed by atoms with Gasteiger partial charge in [-0.3, -0.25) is 18.6 Å². The molecule has 45 heavy (non-hydrogen) atoms. The summed E-state index contributed by atoms with van der Waals surface area (Å²) in [5.41, 5.74) is 0. The number of hydrogen-bond acceptors (Lipinski definition) is 7. The van der Waals surface area contributed by atoms with Gasteiger partial charge in [-0.1, -0.05) is 134 Å². The molecule has 0 amide bonds. The maximum absolute atomic E-state index is 12.4. The van der Waals surface area contributed by atoms with Crippen LogP contribution in [0.25, 0.3) is 0 Å². The molecule has 9 heteroatoms. The summed E-state index contributed by atoms with van der Waals surface area (Å²) < 4.78 is 31.8. The Morgan fingerprint density at radius 1 is 0.622 bits per heavy atom. The molecule has 0 saturated heterocycles. The van der Waals surface area contributed by atoms with E-state index < -0.39 is 26.5 Å². The van der Waals surface area contributed by atoms with Gasteiger partial charge in [-0.15, -0.1) is 0 Å². The van der Waals surface area contributed by atoms with Crippen LogP contribution in [0.1, 0.15) is 168 Å². The third-order valence-electron chi connectivity index (χ3n) is 7.70. The van der Waals surface area contributed by atoms with E-state index in [1.165, 1.54) is 77.0 Å². The molecule has 8 nitrogen and oxygen atoms in total. The number of esters is 2. The van der Waals surface area contributed by atoms with Crippen molar-refractivity contribution in [2.45, 2.75) is 174 Å². The average Bonchev–Trinajstić information content (AvgIpc) is 3.03. The lowest BCUT2D eigenvalue weighted by Gasteiger charge is -2.19. The first-order valence-corrected chi connectivity index (χ1v) is 19.5. The molecule has 0 radical (unpaired) electrons. The number of ether oxygens (including phenoxy) is 2. The molecule has 0 rings (SSSR count). The van der Waals surface area contributed by atoms with Crippen LogP contribution in [0.5, 0.6) is 0 Å². The van der Waals surface area contributed by atoms with Crippen LogP contribution in [0.4, 0.5) is 0 Å². The summed E-state index contributed by atoms with van der Waals surface area (Å²) in [5.74, 6) is -0.820. The molecular weight excluding hydrogens is 591 g/mol. The van der Waals surface area contributed by atoms with Gasteiger partial charge in [0, 0.05) is 20.0 Å². The van der Waals surface area contributed by atoms with Crippen LogP contribution in [-0.4, -0.2) is 43.3 Å². The Bertz CT molecular complexity index is 798. The van der Waals surface area contributed by atoms with Gasteiger partial charge in [-0.05, 0) is 44.9 Å². The van der Waals surface area contributed by atoms with E-state index in [2.05, 4.69) is 42.7 Å². The predicted octanol–water partition coefficient (Wildman–Crippen LogP) is 10.7. The fourth-order valence-electron chi connectivity index (χ4n) is 4.86. The van der Waals surface area contributed by atoms with Crippen LogP contribution in [0.15, 0.2) is 24.3 Å². The maximum atomic E-state index is 12.4. The normalized spacial score (nSPS) is 13.8. The number of carbonyl (C=O) groups is 2. The Kier molecular flexibility index (Phi) is 31.4. The highest BCUT2D eigenvalue weighted by Gasteiger charge is 2.24. The summed E-state index contributed by atoms with van der Waals surface area (Å²) in [6.45, 7) is 3.83. The topological polar surface area (TPSA) is 108 Å². The summed E-state index contributed by atoms with van der Waals surface area (Å²) in [7, 11) is -3.20. The minimum Gasteiger partial charge on any atom is -0.462 e. The number of allylic oxidation sites excluding steroid dienone is 4. The van der Waals surface area contributed by atoms with Crippen molar-refractivity contribution in [3.63, 3.8) is 0 Å². The summed E-state index contributed by atoms with van der Waals surface area (Å²) in [6.07, 6.45) is 33.7. The molecule has 0 aliphatic heterocycles. The van der Waals surface area contributed by atoms with Gasteiger partial charge in [0.2, 0.25) is 0 Å². The van der Waals surface area contributed by atoms with Gasteiger partial charge in [-0.2, -0.15) is 0 Å². The van der Waals surface area contributed by atoms with Gasteiger partial charge in [0.15, 0.2) is 6.10 Å². The van der Waals surface area contributed by atoms with Gasteiger partial charge in [-0.25, -0.2) is 4.57 Å². The van der Waals surface area contributed by atoms with Gasteiger partial charge < -0.3 is 14.4 Å². The Balaban J connectivity index is 4.10. The lowest BCUT2D eigenvalue weighted by atomic mass is 10.1. The standard InChI is InChI=1S/C36H67O8P/c1-4-6-8-10-12-14-16-17-18-19-20-21-23-25-27-29-31-36(38)44-34(33-43-45(39,40)41-3)32-42-35(37)30-28-26-24-22-15-13-11-9-7-5-2/h14,16,18-19,34H,4-13,15,17,20-33H2,1-3H3,(H,39,40)/b16-14-,19-18-. The van der Waals surface area contributed by atoms with Crippen molar-refractivity contribution in [1.29, 1.82) is 0 Å². The highest BCUT2D eigenvalue weighted by Crippen LogP contribution is 2.42. The first-order valence-electron chi connectivity index (χ1n) is 18.0. The van der Waals surface area contributed by atoms with Crippen molar-refractivity contribution in [1.82, 2.24) is 0 Å². The smallest absolute Gasteiger partial charge is 0.462 e. The molecular formula is C36H67O8P. The Morgan fingerprint density at radius 3 is 1.58 bits per heavy atom. The molecule has 2 atom stereocenters. The van der Waals surface area contributed by atoms with Gasteiger partial charge >= 0.3 is 19.8 Å². The van der Waals surface area contributed by atoms with E-state index in [0.29, 0.717) is 12.8 Å². The summed E-state index contributed by atoms with van der Waals surface area (Å²) in [6, 6.07) is 0. The highest BCUT2D eigenvalue weighted by atomic mass is 31.2. The third kappa shape index (κ3) is 32.3. The minimum atomic E-state index is -4.25. The SMILES string of the molecule is CCCCCC/C=C\C/C=C\CCCCCCCC(=O)OC(COC(=O)CCCCCCCCCCCC)COP(=O)(O)OC. The van der Waals surface area contributed by atoms with Crippen molar-refractivity contribution in [3.8, 4) is 0 Å². The molecule has 264 valence electrons. The minimum absolute atomic E-state index is 0.228. The third-order valence-corrected chi connectivity index (χ3v) is 8.64. The Hall–Kier alpha value is -1.47. The van der Waals surface area contributed by atoms with Crippen LogP contribution in [0.2, 0.25) is 0 Å². The molecule has 0 bridgehead atoms. The molecule has 1 N–H and O–H groups in total. The molecule has 0 aliphatic rings. The lowest BCUT2D eigenvalue weighted by Crippen LogP contribution is -2.29. The van der Waals surface area contributed by atoms with Crippen LogP contribution in [0.3, 0.4) is 0 Å². The number of rotatable bonds is 33. The molecule has 0 saturated carbocycles. The van der Waals surface area contributed by atoms with Crippen molar-refractivity contribution < 1.29 is 37.6 Å². The molecule has 2 unspecified atom stereocenters. The van der Waals surface area contributed by atoms with E-state index >= 15 is 0 Å². The van der Waals surface area contributed by atoms with Crippen molar-refractivity contribution in [3.05, 3.63) is 24.3 Å². The zero-order chi connectivity index (χ0) is 33.3. The summed E-state index contributed by atoms with van der Waals surface area (Å²) in [5, 5.41) is 0. The van der Waals surface area contributed by atoms with Crippen LogP contribution in [0, 0.1) is 0 Å². The lowest BCUT2D eigenvalue weighted by molar-refractivity contribution is -0.161. The zero-order valence-electron chi connectivity index (χ0n) is 29.0. The average molecular weight is 659 g/mol. The van der Waals surface area contributed by atoms with Gasteiger partial charge in [0.25, 0.3) is 0 Å². The van der Waals surface area contributed by atoms with Crippen LogP contribution < -0.4 is 0 Å². The second-order valence-corrected chi connectivity index (χ2v) is 13.6. The van der Waals surface area contributed by atoms with E-state index in [9.17, 15) is 19.0 Å². The van der Waals surface area contributed by atoms with E-state index in [1.807, 2.05) is 0 Å². The molecule has 0 heterocycles. The Morgan fingerprint density at radius 2 is 1.07 bits per heavy atom. The van der Waals surface area contributed by atoms with Crippen LogP contribution in [-0.2, 0) is 32.7 Å². The van der Waals surface area contributed by atoms with Crippen LogP contribution >= 0.6 is 7.82 Å². The number of unbranched alkanes of at least 4 members (excludes halogenated alkanes) is 18.